The van der Waals surface area contributed by atoms with E-state index in [0.29, 0.717) is 30.4 Å². The quantitative estimate of drug-likeness (QED) is 0.224. The number of rotatable bonds is 11. The summed E-state index contributed by atoms with van der Waals surface area (Å²) in [7, 11) is 0. The average Bonchev–Trinajstić information content (AvgIpc) is 3.23. The third-order valence-corrected chi connectivity index (χ3v) is 6.23. The Kier molecular flexibility index (Phi) is 8.51. The molecule has 0 spiro atoms. The van der Waals surface area contributed by atoms with Crippen LogP contribution in [0, 0.1) is 10.1 Å². The number of likely N-dealkylation sites (N-methyl/N-ethyl adjacent to an activating group) is 1. The molecule has 0 aliphatic rings. The van der Waals surface area contributed by atoms with Crippen LogP contribution in [0.15, 0.2) is 48.5 Å². The molecule has 174 valence electrons. The maximum atomic E-state index is 13.2. The largest absolute Gasteiger partial charge is 0.494 e. The number of carbonyl (C=O) groups excluding carboxylic acids is 1. The Morgan fingerprint density at radius 3 is 2.64 bits per heavy atom. The predicted molar refractivity (Wildman–Crippen MR) is 133 cm³/mol. The van der Waals surface area contributed by atoms with Crippen LogP contribution in [-0.4, -0.2) is 53.5 Å². The minimum atomic E-state index is -0.451. The minimum Gasteiger partial charge on any atom is -0.494 e. The Hall–Kier alpha value is -3.30. The molecule has 0 saturated heterocycles. The van der Waals surface area contributed by atoms with Crippen molar-refractivity contribution < 1.29 is 14.5 Å². The van der Waals surface area contributed by atoms with Gasteiger partial charge in [0.05, 0.1) is 21.7 Å². The monoisotopic (exact) mass is 468 g/mol. The van der Waals surface area contributed by atoms with Crippen molar-refractivity contribution in [1.29, 1.82) is 0 Å². The molecule has 2 aromatic carbocycles. The zero-order chi connectivity index (χ0) is 23.8. The molecule has 1 amide bonds. The number of thiazole rings is 1. The molecule has 9 heteroatoms. The number of non-ortho nitro benzene ring substituents is 1. The molecule has 1 heterocycles. The number of nitro groups is 1. The summed E-state index contributed by atoms with van der Waals surface area (Å²) in [4.78, 5) is 32.4. The maximum absolute atomic E-state index is 13.2. The van der Waals surface area contributed by atoms with Crippen molar-refractivity contribution in [1.82, 2.24) is 9.88 Å². The van der Waals surface area contributed by atoms with E-state index in [4.69, 9.17) is 4.74 Å². The van der Waals surface area contributed by atoms with Crippen LogP contribution in [-0.2, 0) is 4.79 Å². The van der Waals surface area contributed by atoms with Crippen LogP contribution in [0.4, 0.5) is 10.8 Å². The molecule has 0 unspecified atom stereocenters. The lowest BCUT2D eigenvalue weighted by molar-refractivity contribution is -0.384. The van der Waals surface area contributed by atoms with Crippen molar-refractivity contribution in [2.75, 3.05) is 37.7 Å². The highest BCUT2D eigenvalue weighted by Crippen LogP contribution is 2.32. The van der Waals surface area contributed by atoms with E-state index in [2.05, 4.69) is 23.7 Å². The molecule has 0 fully saturated rings. The van der Waals surface area contributed by atoms with Crippen molar-refractivity contribution in [2.45, 2.75) is 20.8 Å². The molecule has 3 aromatic rings. The van der Waals surface area contributed by atoms with Crippen LogP contribution < -0.4 is 9.64 Å². The third kappa shape index (κ3) is 6.36. The number of amides is 1. The molecule has 0 aliphatic carbocycles. The Morgan fingerprint density at radius 2 is 1.94 bits per heavy atom. The first-order valence-electron chi connectivity index (χ1n) is 10.9. The topological polar surface area (TPSA) is 88.8 Å². The summed E-state index contributed by atoms with van der Waals surface area (Å²) in [5, 5.41) is 11.6. The lowest BCUT2D eigenvalue weighted by atomic mass is 10.2. The van der Waals surface area contributed by atoms with Crippen molar-refractivity contribution in [3.8, 4) is 5.75 Å². The van der Waals surface area contributed by atoms with E-state index >= 15 is 0 Å². The number of benzene rings is 2. The van der Waals surface area contributed by atoms with E-state index in [0.717, 1.165) is 29.1 Å². The van der Waals surface area contributed by atoms with Gasteiger partial charge in [0.1, 0.15) is 5.75 Å². The second-order valence-electron chi connectivity index (χ2n) is 7.26. The fourth-order valence-corrected chi connectivity index (χ4v) is 4.37. The van der Waals surface area contributed by atoms with Gasteiger partial charge in [0.2, 0.25) is 0 Å². The number of hydrogen-bond acceptors (Lipinski definition) is 7. The second kappa shape index (κ2) is 11.5. The first-order chi connectivity index (χ1) is 15.9. The molecule has 0 aliphatic heterocycles. The zero-order valence-electron chi connectivity index (χ0n) is 19.1. The van der Waals surface area contributed by atoms with E-state index in [1.165, 1.54) is 29.5 Å². The van der Waals surface area contributed by atoms with Crippen molar-refractivity contribution >= 4 is 44.4 Å². The number of nitrogens with zero attached hydrogens (tertiary/aromatic N) is 4. The standard InChI is InChI=1S/C24H28N4O4S/c1-4-26(5-2)14-15-27(23(29)13-10-18-8-7-9-19(16-18)28(30)31)24-25-21-12-11-20(32-6-3)17-22(21)33-24/h7-13,16-17H,4-6,14-15H2,1-3H3. The smallest absolute Gasteiger partial charge is 0.270 e. The summed E-state index contributed by atoms with van der Waals surface area (Å²) in [6.45, 7) is 9.66. The van der Waals surface area contributed by atoms with Crippen molar-refractivity contribution in [3.63, 3.8) is 0 Å². The first-order valence-corrected chi connectivity index (χ1v) is 11.8. The molecule has 3 rings (SSSR count). The van der Waals surface area contributed by atoms with Gasteiger partial charge in [-0.05, 0) is 49.9 Å². The number of fused-ring (bicyclic) bond motifs is 1. The molecule has 0 saturated carbocycles. The van der Waals surface area contributed by atoms with Gasteiger partial charge in [-0.2, -0.15) is 0 Å². The summed E-state index contributed by atoms with van der Waals surface area (Å²) in [6, 6.07) is 11.9. The molecule has 0 bridgehead atoms. The van der Waals surface area contributed by atoms with Crippen molar-refractivity contribution in [2.24, 2.45) is 0 Å². The van der Waals surface area contributed by atoms with Crippen LogP contribution in [0.2, 0.25) is 0 Å². The highest BCUT2D eigenvalue weighted by Gasteiger charge is 2.19. The highest BCUT2D eigenvalue weighted by molar-refractivity contribution is 7.22. The van der Waals surface area contributed by atoms with E-state index in [1.807, 2.05) is 25.1 Å². The molecule has 0 atom stereocenters. The summed E-state index contributed by atoms with van der Waals surface area (Å²) >= 11 is 1.44. The van der Waals surface area contributed by atoms with E-state index < -0.39 is 4.92 Å². The fraction of sp³-hybridized carbons (Fsp3) is 0.333. The van der Waals surface area contributed by atoms with Gasteiger partial charge in [0.15, 0.2) is 5.13 Å². The molecular weight excluding hydrogens is 440 g/mol. The lowest BCUT2D eigenvalue weighted by Crippen LogP contribution is -2.38. The number of hydrogen-bond donors (Lipinski definition) is 0. The van der Waals surface area contributed by atoms with Gasteiger partial charge in [-0.15, -0.1) is 0 Å². The Labute approximate surface area is 197 Å². The van der Waals surface area contributed by atoms with Gasteiger partial charge in [-0.3, -0.25) is 19.8 Å². The number of anilines is 1. The van der Waals surface area contributed by atoms with Crippen LogP contribution in [0.3, 0.4) is 0 Å². The molecule has 0 N–H and O–H groups in total. The Morgan fingerprint density at radius 1 is 1.15 bits per heavy atom. The van der Waals surface area contributed by atoms with Crippen LogP contribution in [0.5, 0.6) is 5.75 Å². The molecule has 33 heavy (non-hydrogen) atoms. The zero-order valence-corrected chi connectivity index (χ0v) is 19.9. The summed E-state index contributed by atoms with van der Waals surface area (Å²) in [5.41, 5.74) is 1.38. The Bertz CT molecular complexity index is 1140. The lowest BCUT2D eigenvalue weighted by Gasteiger charge is -2.23. The summed E-state index contributed by atoms with van der Waals surface area (Å²) in [5.74, 6) is 0.546. The first kappa shape index (κ1) is 24.3. The summed E-state index contributed by atoms with van der Waals surface area (Å²) < 4.78 is 6.53. The minimum absolute atomic E-state index is 0.0146. The van der Waals surface area contributed by atoms with Crippen molar-refractivity contribution in [3.05, 3.63) is 64.2 Å². The van der Waals surface area contributed by atoms with E-state index in [1.54, 1.807) is 23.1 Å². The normalized spacial score (nSPS) is 11.4. The maximum Gasteiger partial charge on any atom is 0.270 e. The van der Waals surface area contributed by atoms with E-state index in [9.17, 15) is 14.9 Å². The molecule has 1 aromatic heterocycles. The van der Waals surface area contributed by atoms with Crippen LogP contribution in [0.1, 0.15) is 26.3 Å². The molecular formula is C24H28N4O4S. The molecule has 8 nitrogen and oxygen atoms in total. The second-order valence-corrected chi connectivity index (χ2v) is 8.27. The SMILES string of the molecule is CCOc1ccc2nc(N(CCN(CC)CC)C(=O)C=Cc3cccc([N+](=O)[O-])c3)sc2c1. The average molecular weight is 469 g/mol. The molecule has 0 radical (unpaired) electrons. The number of carbonyl (C=O) groups is 1. The van der Waals surface area contributed by atoms with Gasteiger partial charge < -0.3 is 9.64 Å². The third-order valence-electron chi connectivity index (χ3n) is 5.19. The van der Waals surface area contributed by atoms with Crippen LogP contribution >= 0.6 is 11.3 Å². The number of aromatic nitrogens is 1. The number of ether oxygens (including phenoxy) is 1. The Balaban J connectivity index is 1.88. The number of nitro benzene ring substituents is 1. The van der Waals surface area contributed by atoms with Gasteiger partial charge >= 0.3 is 0 Å². The summed E-state index contributed by atoms with van der Waals surface area (Å²) in [6.07, 6.45) is 3.04. The highest BCUT2D eigenvalue weighted by atomic mass is 32.1. The van der Waals surface area contributed by atoms with Crippen LogP contribution in [0.25, 0.3) is 16.3 Å². The van der Waals surface area contributed by atoms with Gasteiger partial charge in [0.25, 0.3) is 11.6 Å². The van der Waals surface area contributed by atoms with Gasteiger partial charge in [0, 0.05) is 31.3 Å². The fourth-order valence-electron chi connectivity index (χ4n) is 3.35. The van der Waals surface area contributed by atoms with Gasteiger partial charge in [-0.25, -0.2) is 4.98 Å². The van der Waals surface area contributed by atoms with E-state index in [-0.39, 0.29) is 11.6 Å². The predicted octanol–water partition coefficient (Wildman–Crippen LogP) is 4.99. The van der Waals surface area contributed by atoms with Gasteiger partial charge in [-0.1, -0.05) is 37.3 Å².